The van der Waals surface area contributed by atoms with E-state index in [4.69, 9.17) is 23.2 Å². The largest absolute Gasteiger partial charge is 0.335 e. The summed E-state index contributed by atoms with van der Waals surface area (Å²) in [7, 11) is -4.17. The van der Waals surface area contributed by atoms with Crippen LogP contribution in [0, 0.1) is 0 Å². The number of nitrogens with one attached hydrogen (secondary N) is 2. The molecular formula is C14H9Cl2N5O3S. The number of nitrogens with zero attached hydrogens (tertiary/aromatic N) is 3. The summed E-state index contributed by atoms with van der Waals surface area (Å²) in [5.74, 6) is -0.235. The van der Waals surface area contributed by atoms with Gasteiger partial charge < -0.3 is 0 Å². The third-order valence-corrected chi connectivity index (χ3v) is 4.75. The molecule has 0 aliphatic rings. The van der Waals surface area contributed by atoms with Crippen molar-refractivity contribution in [1.82, 2.24) is 19.7 Å². The number of sulfonamides is 1. The maximum Gasteiger partial charge on any atom is 0.335 e. The van der Waals surface area contributed by atoms with Crippen LogP contribution in [0.2, 0.25) is 10.3 Å². The van der Waals surface area contributed by atoms with Crippen molar-refractivity contribution in [1.29, 1.82) is 0 Å². The summed E-state index contributed by atoms with van der Waals surface area (Å²) < 4.78 is 26.8. The number of carbonyl (C=O) groups excluding carboxylic acids is 1. The number of benzene rings is 1. The van der Waals surface area contributed by atoms with Crippen LogP contribution in [0.5, 0.6) is 0 Å². The van der Waals surface area contributed by atoms with Crippen molar-refractivity contribution in [2.24, 2.45) is 0 Å². The van der Waals surface area contributed by atoms with Crippen LogP contribution < -0.4 is 10.0 Å². The zero-order chi connectivity index (χ0) is 18.0. The molecule has 2 N–H and O–H groups in total. The molecule has 0 atom stereocenters. The topological polar surface area (TPSA) is 114 Å². The average molecular weight is 398 g/mol. The van der Waals surface area contributed by atoms with Gasteiger partial charge in [0.2, 0.25) is 5.95 Å². The zero-order valence-electron chi connectivity index (χ0n) is 12.3. The standard InChI is InChI=1S/C14H9Cl2N5O3S/c15-10-7-11(16)19-13(18-10)20-14(22)21-25(23,24)9-5-1-3-8-4-2-6-17-12(8)9/h1-7H,(H2,18,19,20,21,22). The number of hydrogen-bond acceptors (Lipinski definition) is 6. The van der Waals surface area contributed by atoms with Gasteiger partial charge in [-0.1, -0.05) is 41.4 Å². The Hall–Kier alpha value is -2.49. The SMILES string of the molecule is O=C(Nc1nc(Cl)cc(Cl)n1)NS(=O)(=O)c1cccc2cccnc12. The lowest BCUT2D eigenvalue weighted by Gasteiger charge is -2.09. The molecule has 3 aromatic rings. The molecule has 0 saturated carbocycles. The highest BCUT2D eigenvalue weighted by Crippen LogP contribution is 2.20. The summed E-state index contributed by atoms with van der Waals surface area (Å²) in [6, 6.07) is 8.20. The van der Waals surface area contributed by atoms with E-state index in [1.165, 1.54) is 18.3 Å². The first kappa shape index (κ1) is 17.3. The van der Waals surface area contributed by atoms with Crippen LogP contribution in [0.1, 0.15) is 0 Å². The van der Waals surface area contributed by atoms with Crippen molar-refractivity contribution in [2.45, 2.75) is 4.90 Å². The average Bonchev–Trinajstić information content (AvgIpc) is 2.52. The van der Waals surface area contributed by atoms with E-state index in [1.807, 2.05) is 4.72 Å². The Morgan fingerprint density at radius 2 is 1.72 bits per heavy atom. The third-order valence-electron chi connectivity index (χ3n) is 3.00. The van der Waals surface area contributed by atoms with Crippen molar-refractivity contribution < 1.29 is 13.2 Å². The minimum atomic E-state index is -4.17. The zero-order valence-corrected chi connectivity index (χ0v) is 14.6. The number of hydrogen-bond donors (Lipinski definition) is 2. The van der Waals surface area contributed by atoms with Gasteiger partial charge in [-0.3, -0.25) is 10.3 Å². The third kappa shape index (κ3) is 3.95. The monoisotopic (exact) mass is 397 g/mol. The van der Waals surface area contributed by atoms with E-state index in [1.54, 1.807) is 24.3 Å². The number of amides is 2. The molecule has 25 heavy (non-hydrogen) atoms. The number of rotatable bonds is 3. The van der Waals surface area contributed by atoms with E-state index in [0.717, 1.165) is 0 Å². The maximum absolute atomic E-state index is 12.5. The smallest absolute Gasteiger partial charge is 0.275 e. The van der Waals surface area contributed by atoms with E-state index in [2.05, 4.69) is 20.3 Å². The van der Waals surface area contributed by atoms with Gasteiger partial charge in [0.25, 0.3) is 10.0 Å². The molecular weight excluding hydrogens is 389 g/mol. The summed E-state index contributed by atoms with van der Waals surface area (Å²) in [4.78, 5) is 23.3. The van der Waals surface area contributed by atoms with E-state index in [9.17, 15) is 13.2 Å². The van der Waals surface area contributed by atoms with Crippen LogP contribution in [-0.2, 0) is 10.0 Å². The molecule has 3 rings (SSSR count). The quantitative estimate of drug-likeness (QED) is 0.656. The number of aromatic nitrogens is 3. The molecule has 128 valence electrons. The fourth-order valence-corrected chi connectivity index (χ4v) is 3.55. The first-order chi connectivity index (χ1) is 11.8. The maximum atomic E-state index is 12.5. The second-order valence-electron chi connectivity index (χ2n) is 4.73. The number of halogens is 2. The molecule has 0 spiro atoms. The molecule has 2 aromatic heterocycles. The molecule has 0 aliphatic heterocycles. The lowest BCUT2D eigenvalue weighted by Crippen LogP contribution is -2.35. The van der Waals surface area contributed by atoms with Gasteiger partial charge in [0.15, 0.2) is 0 Å². The van der Waals surface area contributed by atoms with Crippen molar-refractivity contribution in [3.05, 3.63) is 52.9 Å². The Bertz CT molecular complexity index is 1050. The normalized spacial score (nSPS) is 11.3. The number of anilines is 1. The number of pyridine rings is 1. The predicted octanol–water partition coefficient (Wildman–Crippen LogP) is 2.84. The molecule has 1 aromatic carbocycles. The van der Waals surface area contributed by atoms with Gasteiger partial charge in [0.05, 0.1) is 5.52 Å². The fraction of sp³-hybridized carbons (Fsp3) is 0. The van der Waals surface area contributed by atoms with Gasteiger partial charge >= 0.3 is 6.03 Å². The molecule has 0 radical (unpaired) electrons. The molecule has 2 heterocycles. The van der Waals surface area contributed by atoms with Gasteiger partial charge in [-0.05, 0) is 12.1 Å². The van der Waals surface area contributed by atoms with Crippen molar-refractivity contribution >= 4 is 56.1 Å². The van der Waals surface area contributed by atoms with Gasteiger partial charge in [0.1, 0.15) is 15.2 Å². The van der Waals surface area contributed by atoms with Crippen molar-refractivity contribution in [2.75, 3.05) is 5.32 Å². The van der Waals surface area contributed by atoms with Crippen LogP contribution in [0.3, 0.4) is 0 Å². The minimum Gasteiger partial charge on any atom is -0.275 e. The highest BCUT2D eigenvalue weighted by Gasteiger charge is 2.21. The summed E-state index contributed by atoms with van der Waals surface area (Å²) in [5, 5.41) is 2.77. The molecule has 0 saturated heterocycles. The number of fused-ring (bicyclic) bond motifs is 1. The number of urea groups is 1. The summed E-state index contributed by atoms with van der Waals surface area (Å²) in [5.41, 5.74) is 0.243. The lowest BCUT2D eigenvalue weighted by atomic mass is 10.2. The Balaban J connectivity index is 1.86. The first-order valence-electron chi connectivity index (χ1n) is 6.73. The summed E-state index contributed by atoms with van der Waals surface area (Å²) in [6.45, 7) is 0. The van der Waals surface area contributed by atoms with E-state index < -0.39 is 16.1 Å². The van der Waals surface area contributed by atoms with Crippen LogP contribution in [-0.4, -0.2) is 29.4 Å². The van der Waals surface area contributed by atoms with Gasteiger partial charge in [-0.15, -0.1) is 0 Å². The Morgan fingerprint density at radius 1 is 1.04 bits per heavy atom. The molecule has 0 fully saturated rings. The molecule has 11 heteroatoms. The predicted molar refractivity (Wildman–Crippen MR) is 93.1 cm³/mol. The van der Waals surface area contributed by atoms with E-state index in [0.29, 0.717) is 5.39 Å². The Labute approximate surface area is 152 Å². The van der Waals surface area contributed by atoms with Gasteiger partial charge in [-0.25, -0.2) is 27.9 Å². The van der Waals surface area contributed by atoms with Crippen LogP contribution in [0.4, 0.5) is 10.7 Å². The van der Waals surface area contributed by atoms with Gasteiger partial charge in [0, 0.05) is 17.6 Å². The fourth-order valence-electron chi connectivity index (χ4n) is 2.04. The first-order valence-corrected chi connectivity index (χ1v) is 8.97. The van der Waals surface area contributed by atoms with Gasteiger partial charge in [-0.2, -0.15) is 0 Å². The highest BCUT2D eigenvalue weighted by atomic mass is 35.5. The summed E-state index contributed by atoms with van der Waals surface area (Å²) in [6.07, 6.45) is 1.46. The van der Waals surface area contributed by atoms with Crippen molar-refractivity contribution in [3.8, 4) is 0 Å². The molecule has 8 nitrogen and oxygen atoms in total. The molecule has 2 amide bonds. The number of para-hydroxylation sites is 1. The van der Waals surface area contributed by atoms with Crippen LogP contribution in [0.15, 0.2) is 47.5 Å². The lowest BCUT2D eigenvalue weighted by molar-refractivity contribution is 0.256. The number of carbonyl (C=O) groups is 1. The van der Waals surface area contributed by atoms with E-state index >= 15 is 0 Å². The second kappa shape index (κ2) is 6.79. The Morgan fingerprint density at radius 3 is 2.44 bits per heavy atom. The Kier molecular flexibility index (Phi) is 4.71. The second-order valence-corrected chi connectivity index (χ2v) is 7.15. The summed E-state index contributed by atoms with van der Waals surface area (Å²) >= 11 is 11.4. The van der Waals surface area contributed by atoms with Crippen LogP contribution >= 0.6 is 23.2 Å². The minimum absolute atomic E-state index is 0.00332. The molecule has 0 bridgehead atoms. The molecule has 0 unspecified atom stereocenters. The van der Waals surface area contributed by atoms with Crippen molar-refractivity contribution in [3.63, 3.8) is 0 Å². The molecule has 0 aliphatic carbocycles. The highest BCUT2D eigenvalue weighted by molar-refractivity contribution is 7.90. The van der Waals surface area contributed by atoms with Crippen LogP contribution in [0.25, 0.3) is 10.9 Å². The van der Waals surface area contributed by atoms with E-state index in [-0.39, 0.29) is 26.7 Å².